The number of aromatic amines is 1. The Balaban J connectivity index is 1.92. The Morgan fingerprint density at radius 3 is 2.37 bits per heavy atom. The van der Waals surface area contributed by atoms with Crippen LogP contribution in [0.1, 0.15) is 64.9 Å². The Hall–Kier alpha value is -3.09. The monoisotopic (exact) mass is 414 g/mol. The van der Waals surface area contributed by atoms with Gasteiger partial charge in [-0.25, -0.2) is 9.59 Å². The van der Waals surface area contributed by atoms with Crippen molar-refractivity contribution in [1.82, 2.24) is 10.3 Å². The molecule has 30 heavy (non-hydrogen) atoms. The molecule has 1 aromatic carbocycles. The van der Waals surface area contributed by atoms with Crippen molar-refractivity contribution in [3.05, 3.63) is 58.4 Å². The van der Waals surface area contributed by atoms with E-state index in [2.05, 4.69) is 10.3 Å². The van der Waals surface area contributed by atoms with Crippen molar-refractivity contribution < 1.29 is 23.9 Å². The van der Waals surface area contributed by atoms with Crippen LogP contribution in [0.25, 0.3) is 0 Å². The van der Waals surface area contributed by atoms with Crippen LogP contribution >= 0.6 is 0 Å². The number of aromatic nitrogens is 1. The van der Waals surface area contributed by atoms with Crippen molar-refractivity contribution in [2.45, 2.75) is 59.6 Å². The van der Waals surface area contributed by atoms with Gasteiger partial charge in [0.2, 0.25) is 0 Å². The van der Waals surface area contributed by atoms with Crippen molar-refractivity contribution >= 4 is 17.8 Å². The number of nitrogens with one attached hydrogen (secondary N) is 2. The molecule has 0 fully saturated rings. The Bertz CT molecular complexity index is 888. The Morgan fingerprint density at radius 2 is 1.73 bits per heavy atom. The number of hydrogen-bond donors (Lipinski definition) is 2. The molecule has 0 aliphatic carbocycles. The highest BCUT2D eigenvalue weighted by Crippen LogP contribution is 2.20. The third-order valence-corrected chi connectivity index (χ3v) is 4.87. The summed E-state index contributed by atoms with van der Waals surface area (Å²) in [6.45, 7) is 8.71. The van der Waals surface area contributed by atoms with Gasteiger partial charge in [-0.15, -0.1) is 0 Å². The van der Waals surface area contributed by atoms with Crippen LogP contribution in [0.5, 0.6) is 0 Å². The number of esters is 2. The minimum atomic E-state index is -0.967. The van der Waals surface area contributed by atoms with Gasteiger partial charge in [-0.05, 0) is 58.6 Å². The molecule has 2 rings (SSSR count). The van der Waals surface area contributed by atoms with E-state index >= 15 is 0 Å². The summed E-state index contributed by atoms with van der Waals surface area (Å²) in [5.41, 5.74) is 2.63. The minimum absolute atomic E-state index is 0.0660. The van der Waals surface area contributed by atoms with Crippen LogP contribution < -0.4 is 5.32 Å². The van der Waals surface area contributed by atoms with Gasteiger partial charge < -0.3 is 19.8 Å². The summed E-state index contributed by atoms with van der Waals surface area (Å²) in [6, 6.07) is 9.96. The molecular weight excluding hydrogens is 384 g/mol. The number of aryl methyl sites for hydroxylation is 2. The van der Waals surface area contributed by atoms with Crippen LogP contribution in [0.15, 0.2) is 30.3 Å². The van der Waals surface area contributed by atoms with Gasteiger partial charge in [0.05, 0.1) is 12.2 Å². The van der Waals surface area contributed by atoms with Gasteiger partial charge in [0, 0.05) is 11.7 Å². The van der Waals surface area contributed by atoms with E-state index in [1.807, 2.05) is 37.3 Å². The Labute approximate surface area is 177 Å². The molecule has 0 saturated carbocycles. The molecule has 2 N–H and O–H groups in total. The van der Waals surface area contributed by atoms with Gasteiger partial charge in [-0.2, -0.15) is 0 Å². The number of benzene rings is 1. The molecular formula is C23H30N2O5. The zero-order valence-electron chi connectivity index (χ0n) is 18.2. The van der Waals surface area contributed by atoms with Gasteiger partial charge in [-0.3, -0.25) is 4.79 Å². The maximum atomic E-state index is 12.5. The highest BCUT2D eigenvalue weighted by atomic mass is 16.5. The number of ether oxygens (including phenoxy) is 2. The highest BCUT2D eigenvalue weighted by Gasteiger charge is 2.26. The first kappa shape index (κ1) is 23.2. The zero-order valence-corrected chi connectivity index (χ0v) is 18.2. The quantitative estimate of drug-likeness (QED) is 0.612. The topological polar surface area (TPSA) is 97.5 Å². The van der Waals surface area contributed by atoms with Crippen LogP contribution in [-0.2, 0) is 20.7 Å². The smallest absolute Gasteiger partial charge is 0.355 e. The van der Waals surface area contributed by atoms with Crippen LogP contribution in [-0.4, -0.2) is 41.6 Å². The van der Waals surface area contributed by atoms with Crippen molar-refractivity contribution in [1.29, 1.82) is 0 Å². The van der Waals surface area contributed by atoms with Crippen molar-refractivity contribution in [2.75, 3.05) is 6.61 Å². The molecule has 1 heterocycles. The van der Waals surface area contributed by atoms with E-state index in [4.69, 9.17) is 9.47 Å². The molecule has 2 aromatic rings. The lowest BCUT2D eigenvalue weighted by atomic mass is 10.1. The molecule has 0 bridgehead atoms. The van der Waals surface area contributed by atoms with Crippen molar-refractivity contribution in [3.63, 3.8) is 0 Å². The van der Waals surface area contributed by atoms with E-state index in [1.165, 1.54) is 12.5 Å². The van der Waals surface area contributed by atoms with Crippen LogP contribution in [0.3, 0.4) is 0 Å². The van der Waals surface area contributed by atoms with Crippen molar-refractivity contribution in [3.8, 4) is 0 Å². The predicted molar refractivity (Wildman–Crippen MR) is 113 cm³/mol. The zero-order chi connectivity index (χ0) is 22.3. The van der Waals surface area contributed by atoms with E-state index in [0.29, 0.717) is 16.8 Å². The number of H-pyrrole nitrogens is 1. The lowest BCUT2D eigenvalue weighted by molar-refractivity contribution is -0.129. The van der Waals surface area contributed by atoms with Gasteiger partial charge in [-0.1, -0.05) is 30.3 Å². The minimum Gasteiger partial charge on any atom is -0.462 e. The average Bonchev–Trinajstić information content (AvgIpc) is 3.01. The van der Waals surface area contributed by atoms with E-state index in [9.17, 15) is 14.4 Å². The average molecular weight is 415 g/mol. The largest absolute Gasteiger partial charge is 0.462 e. The van der Waals surface area contributed by atoms with Crippen molar-refractivity contribution in [2.24, 2.45) is 0 Å². The summed E-state index contributed by atoms with van der Waals surface area (Å²) in [5, 5.41) is 2.87. The molecule has 0 aliphatic rings. The summed E-state index contributed by atoms with van der Waals surface area (Å²) in [4.78, 5) is 39.9. The van der Waals surface area contributed by atoms with Crippen LogP contribution in [0.2, 0.25) is 0 Å². The summed E-state index contributed by atoms with van der Waals surface area (Å²) in [5.74, 6) is -1.55. The van der Waals surface area contributed by atoms with Gasteiger partial charge in [0.15, 0.2) is 6.10 Å². The first-order chi connectivity index (χ1) is 14.2. The van der Waals surface area contributed by atoms with Gasteiger partial charge in [0.25, 0.3) is 5.91 Å². The van der Waals surface area contributed by atoms with Gasteiger partial charge in [0.1, 0.15) is 5.69 Å². The molecule has 1 aromatic heterocycles. The Morgan fingerprint density at radius 1 is 1.07 bits per heavy atom. The molecule has 0 unspecified atom stereocenters. The molecule has 0 spiro atoms. The molecule has 0 saturated heterocycles. The number of carbonyl (C=O) groups is 3. The van der Waals surface area contributed by atoms with E-state index < -0.39 is 18.0 Å². The van der Waals surface area contributed by atoms with E-state index in [1.54, 1.807) is 20.8 Å². The maximum Gasteiger partial charge on any atom is 0.355 e. The lowest BCUT2D eigenvalue weighted by Crippen LogP contribution is -2.41. The number of carbonyl (C=O) groups excluding carboxylic acids is 3. The standard InChI is InChI=1S/C23H30N2O5/c1-6-29-22(27)19-15(3)20(25-16(19)4)23(28)30-17(5)21(26)24-14(2)12-13-18-10-8-7-9-11-18/h7-11,14,17,25H,6,12-13H2,1-5H3,(H,24,26)/t14-,17-/m0/s1. The fourth-order valence-corrected chi connectivity index (χ4v) is 3.20. The molecule has 7 nitrogen and oxygen atoms in total. The summed E-state index contributed by atoms with van der Waals surface area (Å²) < 4.78 is 10.3. The predicted octanol–water partition coefficient (Wildman–Crippen LogP) is 3.49. The third kappa shape index (κ3) is 5.95. The second-order valence-corrected chi connectivity index (χ2v) is 7.33. The van der Waals surface area contributed by atoms with Crippen LogP contribution in [0, 0.1) is 13.8 Å². The highest BCUT2D eigenvalue weighted by molar-refractivity contribution is 5.99. The number of rotatable bonds is 9. The fraction of sp³-hybridized carbons (Fsp3) is 0.435. The van der Waals surface area contributed by atoms with Gasteiger partial charge >= 0.3 is 11.9 Å². The second kappa shape index (κ2) is 10.6. The fourth-order valence-electron chi connectivity index (χ4n) is 3.20. The molecule has 1 amide bonds. The normalized spacial score (nSPS) is 12.7. The van der Waals surface area contributed by atoms with Crippen LogP contribution in [0.4, 0.5) is 0 Å². The molecule has 0 aliphatic heterocycles. The molecule has 0 radical (unpaired) electrons. The summed E-state index contributed by atoms with van der Waals surface area (Å²) in [6.07, 6.45) is 0.646. The van der Waals surface area contributed by atoms with E-state index in [-0.39, 0.29) is 24.2 Å². The first-order valence-corrected chi connectivity index (χ1v) is 10.2. The third-order valence-electron chi connectivity index (χ3n) is 4.87. The number of hydrogen-bond acceptors (Lipinski definition) is 5. The summed E-state index contributed by atoms with van der Waals surface area (Å²) >= 11 is 0. The molecule has 7 heteroatoms. The molecule has 162 valence electrons. The Kier molecular flexibility index (Phi) is 8.21. The number of amides is 1. The lowest BCUT2D eigenvalue weighted by Gasteiger charge is -2.18. The SMILES string of the molecule is CCOC(=O)c1c(C)[nH]c(C(=O)O[C@@H](C)C(=O)N[C@@H](C)CCc2ccccc2)c1C. The summed E-state index contributed by atoms with van der Waals surface area (Å²) in [7, 11) is 0. The second-order valence-electron chi connectivity index (χ2n) is 7.33. The molecule has 2 atom stereocenters. The van der Waals surface area contributed by atoms with E-state index in [0.717, 1.165) is 12.8 Å². The first-order valence-electron chi connectivity index (χ1n) is 10.2. The maximum absolute atomic E-state index is 12.5.